The second kappa shape index (κ2) is 7.14. The molecule has 0 spiro atoms. The summed E-state index contributed by atoms with van der Waals surface area (Å²) in [5.74, 6) is -0.0361. The highest BCUT2D eigenvalue weighted by Crippen LogP contribution is 2.30. The number of nitrogens with one attached hydrogen (secondary N) is 1. The van der Waals surface area contributed by atoms with E-state index in [4.69, 9.17) is 0 Å². The van der Waals surface area contributed by atoms with Crippen LogP contribution in [-0.4, -0.2) is 15.5 Å². The number of thiazole rings is 1. The van der Waals surface area contributed by atoms with E-state index >= 15 is 0 Å². The van der Waals surface area contributed by atoms with Crippen molar-refractivity contribution in [1.82, 2.24) is 9.55 Å². The van der Waals surface area contributed by atoms with Gasteiger partial charge in [-0.3, -0.25) is 4.79 Å². The lowest BCUT2D eigenvalue weighted by Gasteiger charge is -2.21. The van der Waals surface area contributed by atoms with Crippen molar-refractivity contribution in [2.24, 2.45) is 0 Å². The van der Waals surface area contributed by atoms with Crippen LogP contribution in [-0.2, 0) is 4.79 Å². The predicted molar refractivity (Wildman–Crippen MR) is 107 cm³/mol. The Bertz CT molecular complexity index is 1030. The minimum Gasteiger partial charge on any atom is -0.346 e. The van der Waals surface area contributed by atoms with Crippen molar-refractivity contribution in [2.45, 2.75) is 19.4 Å². The summed E-state index contributed by atoms with van der Waals surface area (Å²) in [5, 5.41) is 5.93. The second-order valence-electron chi connectivity index (χ2n) is 6.24. The first-order valence-corrected chi connectivity index (χ1v) is 9.35. The largest absolute Gasteiger partial charge is 0.346 e. The van der Waals surface area contributed by atoms with Crippen LogP contribution < -0.4 is 5.32 Å². The summed E-state index contributed by atoms with van der Waals surface area (Å²) in [6.45, 7) is 1.98. The minimum atomic E-state index is -0.0721. The lowest BCUT2D eigenvalue weighted by atomic mass is 9.96. The van der Waals surface area contributed by atoms with Gasteiger partial charge in [0.05, 0.1) is 12.5 Å². The molecule has 0 fully saturated rings. The van der Waals surface area contributed by atoms with E-state index in [-0.39, 0.29) is 11.9 Å². The van der Waals surface area contributed by atoms with Crippen molar-refractivity contribution >= 4 is 33.1 Å². The molecule has 5 heteroatoms. The van der Waals surface area contributed by atoms with E-state index in [9.17, 15) is 4.79 Å². The average molecular weight is 361 g/mol. The summed E-state index contributed by atoms with van der Waals surface area (Å²) in [5.41, 5.74) is 1.14. The molecule has 1 atom stereocenters. The van der Waals surface area contributed by atoms with E-state index in [0.717, 1.165) is 10.4 Å². The van der Waals surface area contributed by atoms with Crippen LogP contribution in [0, 0.1) is 6.92 Å². The molecule has 0 aliphatic rings. The molecule has 2 aromatic heterocycles. The van der Waals surface area contributed by atoms with Gasteiger partial charge in [0.1, 0.15) is 0 Å². The highest BCUT2D eigenvalue weighted by Gasteiger charge is 2.20. The third-order valence-electron chi connectivity index (χ3n) is 4.42. The first-order chi connectivity index (χ1) is 12.7. The van der Waals surface area contributed by atoms with Gasteiger partial charge in [0.15, 0.2) is 5.13 Å². The normalized spacial score (nSPS) is 12.2. The van der Waals surface area contributed by atoms with Gasteiger partial charge in [-0.1, -0.05) is 42.5 Å². The third-order valence-corrected chi connectivity index (χ3v) is 5.24. The molecule has 2 aromatic carbocycles. The number of anilines is 1. The number of benzene rings is 2. The van der Waals surface area contributed by atoms with Crippen molar-refractivity contribution in [3.8, 4) is 0 Å². The predicted octanol–water partition coefficient (Wildman–Crippen LogP) is 5.02. The number of aryl methyl sites for hydroxylation is 1. The first-order valence-electron chi connectivity index (χ1n) is 8.53. The number of hydrogen-bond donors (Lipinski definition) is 1. The van der Waals surface area contributed by atoms with Crippen LogP contribution in [0.4, 0.5) is 5.13 Å². The van der Waals surface area contributed by atoms with Gasteiger partial charge in [-0.25, -0.2) is 4.98 Å². The van der Waals surface area contributed by atoms with E-state index in [1.54, 1.807) is 6.20 Å². The molecule has 4 rings (SSSR count). The lowest BCUT2D eigenvalue weighted by Crippen LogP contribution is -2.19. The van der Waals surface area contributed by atoms with Crippen LogP contribution in [0.25, 0.3) is 10.8 Å². The van der Waals surface area contributed by atoms with Crippen molar-refractivity contribution in [3.05, 3.63) is 83.6 Å². The number of hydrogen-bond acceptors (Lipinski definition) is 3. The van der Waals surface area contributed by atoms with Crippen LogP contribution in [0.5, 0.6) is 0 Å². The van der Waals surface area contributed by atoms with Crippen LogP contribution in [0.15, 0.2) is 73.2 Å². The molecular weight excluding hydrogens is 342 g/mol. The Morgan fingerprint density at radius 2 is 1.88 bits per heavy atom. The number of fused-ring (bicyclic) bond motifs is 1. The van der Waals surface area contributed by atoms with E-state index < -0.39 is 0 Å². The van der Waals surface area contributed by atoms with Crippen molar-refractivity contribution in [2.75, 3.05) is 5.32 Å². The maximum Gasteiger partial charge on any atom is 0.228 e. The molecule has 0 saturated carbocycles. The molecule has 2 heterocycles. The summed E-state index contributed by atoms with van der Waals surface area (Å²) in [7, 11) is 0. The molecule has 26 heavy (non-hydrogen) atoms. The standard InChI is InChI=1S/C21H19N3OS/c1-15-14-22-21(26-15)23-20(25)13-19(24-11-4-5-12-24)18-10-6-8-16-7-2-3-9-17(16)18/h2-12,14,19H,13H2,1H3,(H,22,23,25). The summed E-state index contributed by atoms with van der Waals surface area (Å²) in [6, 6.07) is 18.4. The molecule has 0 bridgehead atoms. The fourth-order valence-electron chi connectivity index (χ4n) is 3.23. The summed E-state index contributed by atoms with van der Waals surface area (Å²) in [4.78, 5) is 18.0. The van der Waals surface area contributed by atoms with Crippen molar-refractivity contribution in [3.63, 3.8) is 0 Å². The van der Waals surface area contributed by atoms with E-state index in [0.29, 0.717) is 11.6 Å². The summed E-state index contributed by atoms with van der Waals surface area (Å²) in [6.07, 6.45) is 6.14. The van der Waals surface area contributed by atoms with Crippen molar-refractivity contribution in [1.29, 1.82) is 0 Å². The maximum absolute atomic E-state index is 12.7. The van der Waals surface area contributed by atoms with Gasteiger partial charge < -0.3 is 9.88 Å². The number of carbonyl (C=O) groups excluding carboxylic acids is 1. The summed E-state index contributed by atoms with van der Waals surface area (Å²) >= 11 is 1.49. The SMILES string of the molecule is Cc1cnc(NC(=O)CC(c2cccc3ccccc23)n2cccc2)s1. The molecule has 0 radical (unpaired) electrons. The molecule has 4 aromatic rings. The average Bonchev–Trinajstić information content (AvgIpc) is 3.31. The second-order valence-corrected chi connectivity index (χ2v) is 7.48. The summed E-state index contributed by atoms with van der Waals surface area (Å²) < 4.78 is 2.09. The van der Waals surface area contributed by atoms with Gasteiger partial charge >= 0.3 is 0 Å². The third kappa shape index (κ3) is 3.39. The van der Waals surface area contributed by atoms with Gasteiger partial charge in [0.2, 0.25) is 5.91 Å². The van der Waals surface area contributed by atoms with E-state index in [2.05, 4.69) is 45.2 Å². The molecule has 0 aliphatic carbocycles. The molecule has 1 N–H and O–H groups in total. The maximum atomic E-state index is 12.7. The van der Waals surface area contributed by atoms with Gasteiger partial charge in [0, 0.05) is 23.5 Å². The molecule has 1 amide bonds. The zero-order valence-electron chi connectivity index (χ0n) is 14.4. The Hall–Kier alpha value is -2.92. The Morgan fingerprint density at radius 1 is 1.12 bits per heavy atom. The number of nitrogens with zero attached hydrogens (tertiary/aromatic N) is 2. The molecule has 0 aliphatic heterocycles. The van der Waals surface area contributed by atoms with Crippen LogP contribution in [0.1, 0.15) is 22.9 Å². The van der Waals surface area contributed by atoms with E-state index in [1.165, 1.54) is 22.1 Å². The lowest BCUT2D eigenvalue weighted by molar-refractivity contribution is -0.116. The van der Waals surface area contributed by atoms with Gasteiger partial charge in [-0.15, -0.1) is 11.3 Å². The fourth-order valence-corrected chi connectivity index (χ4v) is 3.91. The fraction of sp³-hybridized carbons (Fsp3) is 0.143. The number of carbonyl (C=O) groups is 1. The van der Waals surface area contributed by atoms with Crippen LogP contribution in [0.2, 0.25) is 0 Å². The van der Waals surface area contributed by atoms with Crippen LogP contribution >= 0.6 is 11.3 Å². The van der Waals surface area contributed by atoms with Gasteiger partial charge in [-0.05, 0) is 35.4 Å². The quantitative estimate of drug-likeness (QED) is 0.542. The molecule has 1 unspecified atom stereocenters. The highest BCUT2D eigenvalue weighted by molar-refractivity contribution is 7.15. The minimum absolute atomic E-state index is 0.0361. The number of amides is 1. The molecule has 0 saturated heterocycles. The molecule has 4 nitrogen and oxygen atoms in total. The first kappa shape index (κ1) is 16.5. The van der Waals surface area contributed by atoms with Crippen LogP contribution in [0.3, 0.4) is 0 Å². The number of rotatable bonds is 5. The molecule has 130 valence electrons. The Balaban J connectivity index is 1.68. The molecular formula is C21H19N3OS. The van der Waals surface area contributed by atoms with Gasteiger partial charge in [0.25, 0.3) is 0 Å². The van der Waals surface area contributed by atoms with Gasteiger partial charge in [-0.2, -0.15) is 0 Å². The number of aromatic nitrogens is 2. The Labute approximate surface area is 156 Å². The smallest absolute Gasteiger partial charge is 0.228 e. The zero-order valence-corrected chi connectivity index (χ0v) is 15.2. The Morgan fingerprint density at radius 3 is 2.65 bits per heavy atom. The van der Waals surface area contributed by atoms with Crippen molar-refractivity contribution < 1.29 is 4.79 Å². The topological polar surface area (TPSA) is 46.9 Å². The highest BCUT2D eigenvalue weighted by atomic mass is 32.1. The van der Waals surface area contributed by atoms with E-state index in [1.807, 2.05) is 43.6 Å². The zero-order chi connectivity index (χ0) is 17.9. The monoisotopic (exact) mass is 361 g/mol. The Kier molecular flexibility index (Phi) is 4.54.